The SMILES string of the molecule is CCCNC(=O)/C=C/c1c(C)nn(-c2ccc(F)cc2)c1Cl. The van der Waals surface area contributed by atoms with Crippen LogP contribution in [0.15, 0.2) is 30.3 Å². The number of carbonyl (C=O) groups excluding carboxylic acids is 1. The van der Waals surface area contributed by atoms with E-state index in [0.717, 1.165) is 6.42 Å². The molecule has 0 spiro atoms. The Hall–Kier alpha value is -2.14. The van der Waals surface area contributed by atoms with Gasteiger partial charge in [-0.3, -0.25) is 4.79 Å². The van der Waals surface area contributed by atoms with E-state index < -0.39 is 0 Å². The van der Waals surface area contributed by atoms with Crippen LogP contribution in [-0.2, 0) is 4.79 Å². The molecule has 0 radical (unpaired) electrons. The number of nitrogens with zero attached hydrogens (tertiary/aromatic N) is 2. The fourth-order valence-corrected chi connectivity index (χ4v) is 2.26. The molecule has 0 saturated heterocycles. The number of hydrogen-bond donors (Lipinski definition) is 1. The maximum Gasteiger partial charge on any atom is 0.244 e. The average molecular weight is 322 g/mol. The molecule has 0 aliphatic rings. The first-order chi connectivity index (χ1) is 10.5. The van der Waals surface area contributed by atoms with Gasteiger partial charge in [-0.05, 0) is 43.7 Å². The second kappa shape index (κ2) is 7.22. The molecule has 2 rings (SSSR count). The van der Waals surface area contributed by atoms with E-state index in [9.17, 15) is 9.18 Å². The van der Waals surface area contributed by atoms with Crippen LogP contribution in [0.2, 0.25) is 5.15 Å². The van der Waals surface area contributed by atoms with Crippen molar-refractivity contribution in [2.75, 3.05) is 6.54 Å². The smallest absolute Gasteiger partial charge is 0.244 e. The molecule has 0 aliphatic carbocycles. The molecule has 1 aromatic carbocycles. The summed E-state index contributed by atoms with van der Waals surface area (Å²) in [4.78, 5) is 11.6. The molecule has 4 nitrogen and oxygen atoms in total. The van der Waals surface area contributed by atoms with Gasteiger partial charge >= 0.3 is 0 Å². The fourth-order valence-electron chi connectivity index (χ4n) is 1.92. The maximum atomic E-state index is 13.0. The second-order valence-electron chi connectivity index (χ2n) is 4.80. The Morgan fingerprint density at radius 1 is 1.41 bits per heavy atom. The predicted octanol–water partition coefficient (Wildman–Crippen LogP) is 3.51. The molecule has 0 aliphatic heterocycles. The molecule has 1 N–H and O–H groups in total. The number of carbonyl (C=O) groups is 1. The lowest BCUT2D eigenvalue weighted by Gasteiger charge is -2.02. The number of benzene rings is 1. The molecule has 1 aromatic heterocycles. The minimum atomic E-state index is -0.323. The van der Waals surface area contributed by atoms with E-state index >= 15 is 0 Å². The van der Waals surface area contributed by atoms with Crippen LogP contribution in [0.5, 0.6) is 0 Å². The quantitative estimate of drug-likeness (QED) is 0.857. The molecule has 6 heteroatoms. The monoisotopic (exact) mass is 321 g/mol. The van der Waals surface area contributed by atoms with Gasteiger partial charge in [0.15, 0.2) is 0 Å². The lowest BCUT2D eigenvalue weighted by Crippen LogP contribution is -2.21. The summed E-state index contributed by atoms with van der Waals surface area (Å²) in [5, 5.41) is 7.46. The van der Waals surface area contributed by atoms with Gasteiger partial charge in [-0.25, -0.2) is 9.07 Å². The third-order valence-electron chi connectivity index (χ3n) is 3.07. The summed E-state index contributed by atoms with van der Waals surface area (Å²) in [6.45, 7) is 4.41. The van der Waals surface area contributed by atoms with Crippen LogP contribution in [0.25, 0.3) is 11.8 Å². The van der Waals surface area contributed by atoms with Crippen molar-refractivity contribution in [3.63, 3.8) is 0 Å². The van der Waals surface area contributed by atoms with E-state index in [0.29, 0.717) is 28.6 Å². The minimum absolute atomic E-state index is 0.174. The fraction of sp³-hybridized carbons (Fsp3) is 0.250. The molecule has 0 unspecified atom stereocenters. The van der Waals surface area contributed by atoms with E-state index in [-0.39, 0.29) is 11.7 Å². The Bertz CT molecular complexity index is 692. The number of halogens is 2. The van der Waals surface area contributed by atoms with E-state index in [1.807, 2.05) is 6.92 Å². The molecule has 0 saturated carbocycles. The van der Waals surface area contributed by atoms with Gasteiger partial charge in [-0.1, -0.05) is 18.5 Å². The number of aryl methyl sites for hydroxylation is 1. The summed E-state index contributed by atoms with van der Waals surface area (Å²) in [6.07, 6.45) is 3.94. The zero-order valence-corrected chi connectivity index (χ0v) is 13.2. The molecule has 22 heavy (non-hydrogen) atoms. The van der Waals surface area contributed by atoms with Gasteiger partial charge < -0.3 is 5.32 Å². The highest BCUT2D eigenvalue weighted by atomic mass is 35.5. The van der Waals surface area contributed by atoms with Crippen LogP contribution in [0.4, 0.5) is 4.39 Å². The first-order valence-corrected chi connectivity index (χ1v) is 7.37. The Labute approximate surface area is 133 Å². The summed E-state index contributed by atoms with van der Waals surface area (Å²) in [7, 11) is 0. The first kappa shape index (κ1) is 16.2. The van der Waals surface area contributed by atoms with Crippen LogP contribution in [0, 0.1) is 12.7 Å². The molecule has 1 heterocycles. The van der Waals surface area contributed by atoms with Crippen LogP contribution < -0.4 is 5.32 Å². The van der Waals surface area contributed by atoms with Crippen molar-refractivity contribution in [3.8, 4) is 5.69 Å². The van der Waals surface area contributed by atoms with Gasteiger partial charge in [-0.15, -0.1) is 0 Å². The van der Waals surface area contributed by atoms with E-state index in [1.54, 1.807) is 25.1 Å². The van der Waals surface area contributed by atoms with Crippen molar-refractivity contribution in [1.82, 2.24) is 15.1 Å². The first-order valence-electron chi connectivity index (χ1n) is 7.00. The lowest BCUT2D eigenvalue weighted by atomic mass is 10.2. The molecule has 0 atom stereocenters. The molecular formula is C16H17ClFN3O. The van der Waals surface area contributed by atoms with Crippen LogP contribution in [-0.4, -0.2) is 22.2 Å². The van der Waals surface area contributed by atoms with Crippen LogP contribution in [0.1, 0.15) is 24.6 Å². The minimum Gasteiger partial charge on any atom is -0.353 e. The predicted molar refractivity (Wildman–Crippen MR) is 85.6 cm³/mol. The molecule has 2 aromatic rings. The second-order valence-corrected chi connectivity index (χ2v) is 5.16. The summed E-state index contributed by atoms with van der Waals surface area (Å²) in [5.41, 5.74) is 2.01. The highest BCUT2D eigenvalue weighted by Crippen LogP contribution is 2.24. The van der Waals surface area contributed by atoms with E-state index in [2.05, 4.69) is 10.4 Å². The van der Waals surface area contributed by atoms with Gasteiger partial charge in [0.25, 0.3) is 0 Å². The number of amides is 1. The highest BCUT2D eigenvalue weighted by Gasteiger charge is 2.12. The van der Waals surface area contributed by atoms with Crippen LogP contribution in [0.3, 0.4) is 0 Å². The van der Waals surface area contributed by atoms with Gasteiger partial charge in [0.05, 0.1) is 11.4 Å². The van der Waals surface area contributed by atoms with Crippen molar-refractivity contribution < 1.29 is 9.18 Å². The average Bonchev–Trinajstić information content (AvgIpc) is 2.78. The van der Waals surface area contributed by atoms with Gasteiger partial charge in [-0.2, -0.15) is 5.10 Å². The molecule has 0 bridgehead atoms. The van der Waals surface area contributed by atoms with Gasteiger partial charge in [0.2, 0.25) is 5.91 Å². The molecular weight excluding hydrogens is 305 g/mol. The number of nitrogens with one attached hydrogen (secondary N) is 1. The third kappa shape index (κ3) is 3.74. The Morgan fingerprint density at radius 3 is 2.73 bits per heavy atom. The normalized spacial score (nSPS) is 11.1. The summed E-state index contributed by atoms with van der Waals surface area (Å²) in [5.74, 6) is -0.497. The standard InChI is InChI=1S/C16H17ClFN3O/c1-3-10-19-15(22)9-8-14-11(2)20-21(16(14)17)13-6-4-12(18)5-7-13/h4-9H,3,10H2,1-2H3,(H,19,22)/b9-8+. The number of aromatic nitrogens is 2. The highest BCUT2D eigenvalue weighted by molar-refractivity contribution is 6.31. The summed E-state index contributed by atoms with van der Waals surface area (Å²) >= 11 is 6.32. The van der Waals surface area contributed by atoms with Gasteiger partial charge in [0, 0.05) is 18.2 Å². The van der Waals surface area contributed by atoms with Crippen molar-refractivity contribution in [1.29, 1.82) is 0 Å². The maximum absolute atomic E-state index is 13.0. The zero-order valence-electron chi connectivity index (χ0n) is 12.4. The van der Waals surface area contributed by atoms with E-state index in [1.165, 1.54) is 22.9 Å². The Balaban J connectivity index is 2.25. The Kier molecular flexibility index (Phi) is 5.33. The van der Waals surface area contributed by atoms with Gasteiger partial charge in [0.1, 0.15) is 11.0 Å². The topological polar surface area (TPSA) is 46.9 Å². The van der Waals surface area contributed by atoms with Crippen molar-refractivity contribution in [2.24, 2.45) is 0 Å². The zero-order chi connectivity index (χ0) is 16.1. The van der Waals surface area contributed by atoms with Crippen molar-refractivity contribution in [2.45, 2.75) is 20.3 Å². The lowest BCUT2D eigenvalue weighted by molar-refractivity contribution is -0.116. The third-order valence-corrected chi connectivity index (χ3v) is 3.43. The molecule has 116 valence electrons. The Morgan fingerprint density at radius 2 is 2.09 bits per heavy atom. The number of rotatable bonds is 5. The van der Waals surface area contributed by atoms with Crippen molar-refractivity contribution in [3.05, 3.63) is 52.6 Å². The van der Waals surface area contributed by atoms with Crippen molar-refractivity contribution >= 4 is 23.6 Å². The van der Waals surface area contributed by atoms with E-state index in [4.69, 9.17) is 11.6 Å². The summed E-state index contributed by atoms with van der Waals surface area (Å²) in [6, 6.07) is 5.87. The molecule has 1 amide bonds. The van der Waals surface area contributed by atoms with Crippen LogP contribution >= 0.6 is 11.6 Å². The number of hydrogen-bond acceptors (Lipinski definition) is 2. The molecule has 0 fully saturated rings. The summed E-state index contributed by atoms with van der Waals surface area (Å²) < 4.78 is 14.5. The largest absolute Gasteiger partial charge is 0.353 e.